The number of anilines is 1. The Bertz CT molecular complexity index is 589. The molecule has 1 N–H and O–H groups in total. The Balaban J connectivity index is 1.69. The average molecular weight is 285 g/mol. The first-order valence-electron chi connectivity index (χ1n) is 7.36. The van der Waals surface area contributed by atoms with Crippen molar-refractivity contribution in [2.24, 2.45) is 0 Å². The minimum atomic E-state index is -0.211. The molecule has 5 heteroatoms. The van der Waals surface area contributed by atoms with E-state index in [1.807, 2.05) is 12.1 Å². The largest absolute Gasteiger partial charge is 0.371 e. The Morgan fingerprint density at radius 3 is 2.76 bits per heavy atom. The number of nitrogens with one attached hydrogen (secondary N) is 1. The lowest BCUT2D eigenvalue weighted by molar-refractivity contribution is 0.0942. The summed E-state index contributed by atoms with van der Waals surface area (Å²) >= 11 is 0. The van der Waals surface area contributed by atoms with Crippen molar-refractivity contribution in [2.75, 3.05) is 18.0 Å². The Hall–Kier alpha value is -2.30. The van der Waals surface area contributed by atoms with E-state index in [9.17, 15) is 4.79 Å². The van der Waals surface area contributed by atoms with Gasteiger partial charge in [0.2, 0.25) is 0 Å². The molecule has 2 aromatic rings. The van der Waals surface area contributed by atoms with Crippen LogP contribution in [0.3, 0.4) is 0 Å². The Morgan fingerprint density at radius 2 is 2.00 bits per heavy atom. The molecule has 0 aliphatic carbocycles. The van der Waals surface area contributed by atoms with Crippen molar-refractivity contribution in [3.05, 3.63) is 47.9 Å². The highest BCUT2D eigenvalue weighted by atomic mass is 16.5. The molecule has 1 aromatic heterocycles. The maximum Gasteiger partial charge on any atom is 0.273 e. The van der Waals surface area contributed by atoms with Gasteiger partial charge in [-0.1, -0.05) is 23.4 Å². The van der Waals surface area contributed by atoms with Crippen molar-refractivity contribution in [2.45, 2.75) is 25.8 Å². The molecule has 1 fully saturated rings. The predicted octanol–water partition coefficient (Wildman–Crippen LogP) is 2.59. The zero-order chi connectivity index (χ0) is 14.5. The maximum atomic E-state index is 11.9. The molecular weight excluding hydrogens is 266 g/mol. The van der Waals surface area contributed by atoms with Gasteiger partial charge in [-0.15, -0.1) is 0 Å². The van der Waals surface area contributed by atoms with Crippen LogP contribution in [0.25, 0.3) is 0 Å². The van der Waals surface area contributed by atoms with Crippen molar-refractivity contribution in [3.8, 4) is 0 Å². The molecule has 1 saturated heterocycles. The van der Waals surface area contributed by atoms with Crippen LogP contribution in [0.1, 0.15) is 35.3 Å². The maximum absolute atomic E-state index is 11.9. The molecule has 0 atom stereocenters. The van der Waals surface area contributed by atoms with Gasteiger partial charge >= 0.3 is 0 Å². The standard InChI is InChI=1S/C16H19N3O2/c20-16(14-8-11-21-18-14)17-12-13-6-2-3-7-15(13)19-9-4-1-5-10-19/h2-3,6-8,11H,1,4-5,9-10,12H2,(H,17,20). The zero-order valence-corrected chi connectivity index (χ0v) is 11.9. The summed E-state index contributed by atoms with van der Waals surface area (Å²) in [5.41, 5.74) is 2.67. The zero-order valence-electron chi connectivity index (χ0n) is 11.9. The monoisotopic (exact) mass is 285 g/mol. The van der Waals surface area contributed by atoms with Crippen LogP contribution in [-0.4, -0.2) is 24.2 Å². The van der Waals surface area contributed by atoms with Gasteiger partial charge in [0.1, 0.15) is 6.26 Å². The fraction of sp³-hybridized carbons (Fsp3) is 0.375. The van der Waals surface area contributed by atoms with Crippen molar-refractivity contribution in [3.63, 3.8) is 0 Å². The van der Waals surface area contributed by atoms with Crippen LogP contribution in [0.5, 0.6) is 0 Å². The van der Waals surface area contributed by atoms with Crippen LogP contribution in [0.15, 0.2) is 41.1 Å². The summed E-state index contributed by atoms with van der Waals surface area (Å²) in [6.07, 6.45) is 5.18. The van der Waals surface area contributed by atoms with Crippen molar-refractivity contribution < 1.29 is 9.32 Å². The number of amides is 1. The van der Waals surface area contributed by atoms with Gasteiger partial charge in [-0.2, -0.15) is 0 Å². The van der Waals surface area contributed by atoms with Gasteiger partial charge in [0.05, 0.1) is 0 Å². The number of hydrogen-bond acceptors (Lipinski definition) is 4. The van der Waals surface area contributed by atoms with Gasteiger partial charge in [-0.25, -0.2) is 0 Å². The fourth-order valence-corrected chi connectivity index (χ4v) is 2.70. The van der Waals surface area contributed by atoms with Gasteiger partial charge in [-0.3, -0.25) is 4.79 Å². The molecule has 110 valence electrons. The molecule has 3 rings (SSSR count). The molecule has 0 radical (unpaired) electrons. The van der Waals surface area contributed by atoms with Gasteiger partial charge in [0.25, 0.3) is 5.91 Å². The normalized spacial score (nSPS) is 15.0. The third-order valence-electron chi connectivity index (χ3n) is 3.80. The molecule has 5 nitrogen and oxygen atoms in total. The van der Waals surface area contributed by atoms with E-state index < -0.39 is 0 Å². The first-order chi connectivity index (χ1) is 10.3. The molecular formula is C16H19N3O2. The Morgan fingerprint density at radius 1 is 1.19 bits per heavy atom. The third-order valence-corrected chi connectivity index (χ3v) is 3.80. The van der Waals surface area contributed by atoms with E-state index in [1.54, 1.807) is 6.07 Å². The molecule has 0 saturated carbocycles. The van der Waals surface area contributed by atoms with E-state index in [0.717, 1.165) is 18.7 Å². The first kappa shape index (κ1) is 13.7. The number of aromatic nitrogens is 1. The lowest BCUT2D eigenvalue weighted by Gasteiger charge is -2.30. The minimum absolute atomic E-state index is 0.211. The number of benzene rings is 1. The second-order valence-electron chi connectivity index (χ2n) is 5.24. The lowest BCUT2D eigenvalue weighted by atomic mass is 10.1. The Kier molecular flexibility index (Phi) is 4.19. The van der Waals surface area contributed by atoms with Gasteiger partial charge in [-0.05, 0) is 30.9 Å². The summed E-state index contributed by atoms with van der Waals surface area (Å²) in [6, 6.07) is 9.81. The SMILES string of the molecule is O=C(NCc1ccccc1N1CCCCC1)c1ccon1. The molecule has 0 bridgehead atoms. The number of hydrogen-bond donors (Lipinski definition) is 1. The van der Waals surface area contributed by atoms with Crippen LogP contribution in [0, 0.1) is 0 Å². The molecule has 1 aliphatic heterocycles. The number of para-hydroxylation sites is 1. The van der Waals surface area contributed by atoms with Crippen LogP contribution >= 0.6 is 0 Å². The van der Waals surface area contributed by atoms with Gasteiger partial charge in [0, 0.05) is 31.4 Å². The summed E-state index contributed by atoms with van der Waals surface area (Å²) in [7, 11) is 0. The second kappa shape index (κ2) is 6.43. The molecule has 0 spiro atoms. The highest BCUT2D eigenvalue weighted by molar-refractivity contribution is 5.92. The third kappa shape index (κ3) is 3.24. The topological polar surface area (TPSA) is 58.4 Å². The quantitative estimate of drug-likeness (QED) is 0.938. The van der Waals surface area contributed by atoms with Crippen molar-refractivity contribution in [1.29, 1.82) is 0 Å². The predicted molar refractivity (Wildman–Crippen MR) is 80.2 cm³/mol. The van der Waals surface area contributed by atoms with Crippen LogP contribution in [-0.2, 0) is 6.54 Å². The second-order valence-corrected chi connectivity index (χ2v) is 5.24. The van der Waals surface area contributed by atoms with Gasteiger partial charge < -0.3 is 14.7 Å². The van der Waals surface area contributed by atoms with E-state index in [4.69, 9.17) is 0 Å². The highest BCUT2D eigenvalue weighted by Crippen LogP contribution is 2.24. The molecule has 1 aliphatic rings. The van der Waals surface area contributed by atoms with E-state index in [0.29, 0.717) is 12.2 Å². The summed E-state index contributed by atoms with van der Waals surface area (Å²) in [5.74, 6) is -0.211. The Labute approximate surface area is 123 Å². The molecule has 2 heterocycles. The number of rotatable bonds is 4. The van der Waals surface area contributed by atoms with E-state index in [-0.39, 0.29) is 5.91 Å². The smallest absolute Gasteiger partial charge is 0.273 e. The lowest BCUT2D eigenvalue weighted by Crippen LogP contribution is -2.31. The highest BCUT2D eigenvalue weighted by Gasteiger charge is 2.15. The number of piperidine rings is 1. The molecule has 1 amide bonds. The minimum Gasteiger partial charge on any atom is -0.371 e. The summed E-state index contributed by atoms with van der Waals surface area (Å²) in [6.45, 7) is 2.68. The van der Waals surface area contributed by atoms with Crippen LogP contribution < -0.4 is 10.2 Å². The van der Waals surface area contributed by atoms with Crippen molar-refractivity contribution in [1.82, 2.24) is 10.5 Å². The number of carbonyl (C=O) groups excluding carboxylic acids is 1. The van der Waals surface area contributed by atoms with Crippen LogP contribution in [0.4, 0.5) is 5.69 Å². The number of nitrogens with zero attached hydrogens (tertiary/aromatic N) is 2. The van der Waals surface area contributed by atoms with E-state index in [1.165, 1.54) is 31.2 Å². The van der Waals surface area contributed by atoms with Crippen molar-refractivity contribution >= 4 is 11.6 Å². The van der Waals surface area contributed by atoms with Crippen LogP contribution in [0.2, 0.25) is 0 Å². The molecule has 21 heavy (non-hydrogen) atoms. The summed E-state index contributed by atoms with van der Waals surface area (Å²) < 4.78 is 4.69. The summed E-state index contributed by atoms with van der Waals surface area (Å²) in [4.78, 5) is 14.3. The van der Waals surface area contributed by atoms with E-state index in [2.05, 4.69) is 32.0 Å². The van der Waals surface area contributed by atoms with Gasteiger partial charge in [0.15, 0.2) is 5.69 Å². The average Bonchev–Trinajstić information content (AvgIpc) is 3.08. The van der Waals surface area contributed by atoms with E-state index >= 15 is 0 Å². The number of carbonyl (C=O) groups is 1. The fourth-order valence-electron chi connectivity index (χ4n) is 2.70. The first-order valence-corrected chi connectivity index (χ1v) is 7.36. The molecule has 0 unspecified atom stereocenters. The molecule has 1 aromatic carbocycles. The summed E-state index contributed by atoms with van der Waals surface area (Å²) in [5, 5.41) is 6.54.